The molecule has 1 fully saturated rings. The Balaban J connectivity index is 1.23. The molecular formula is C52H51NO. The zero-order chi connectivity index (χ0) is 37.1. The van der Waals surface area contributed by atoms with E-state index in [1.54, 1.807) is 0 Å². The Morgan fingerprint density at radius 2 is 1.19 bits per heavy atom. The first-order chi connectivity index (χ1) is 25.9. The van der Waals surface area contributed by atoms with E-state index in [2.05, 4.69) is 169 Å². The van der Waals surface area contributed by atoms with Gasteiger partial charge in [-0.1, -0.05) is 141 Å². The second-order valence-electron chi connectivity index (χ2n) is 18.4. The molecule has 0 radical (unpaired) electrons. The van der Waals surface area contributed by atoms with Crippen molar-refractivity contribution < 1.29 is 4.42 Å². The van der Waals surface area contributed by atoms with Crippen molar-refractivity contribution in [3.8, 4) is 22.3 Å². The van der Waals surface area contributed by atoms with E-state index < -0.39 is 0 Å². The van der Waals surface area contributed by atoms with Gasteiger partial charge in [0.2, 0.25) is 0 Å². The summed E-state index contributed by atoms with van der Waals surface area (Å²) in [5.74, 6) is 0.516. The Morgan fingerprint density at radius 1 is 0.556 bits per heavy atom. The van der Waals surface area contributed by atoms with E-state index >= 15 is 0 Å². The van der Waals surface area contributed by atoms with E-state index in [1.807, 2.05) is 0 Å². The van der Waals surface area contributed by atoms with Crippen LogP contribution in [-0.2, 0) is 16.2 Å². The maximum Gasteiger partial charge on any atom is 0.137 e. The molecule has 6 aromatic carbocycles. The monoisotopic (exact) mass is 705 g/mol. The summed E-state index contributed by atoms with van der Waals surface area (Å²) >= 11 is 0. The molecule has 0 bridgehead atoms. The molecule has 7 aromatic rings. The SMILES string of the molecule is CC(C)(C)c1cccc2c1-c1ccc(N(c3ccc4c(c3)C(C)(C)c3ccccc3-4)c3cc(C4CCCCC4)c4c(c3)oc3ccccc34)cc1C2(C)C. The van der Waals surface area contributed by atoms with Crippen LogP contribution >= 0.6 is 0 Å². The van der Waals surface area contributed by atoms with Crippen LogP contribution in [0.4, 0.5) is 17.1 Å². The highest BCUT2D eigenvalue weighted by Crippen LogP contribution is 2.55. The molecule has 0 saturated heterocycles. The fraction of sp³-hybridized carbons (Fsp3) is 0.308. The minimum Gasteiger partial charge on any atom is -0.456 e. The lowest BCUT2D eigenvalue weighted by atomic mass is 9.79. The number of nitrogens with zero attached hydrogens (tertiary/aromatic N) is 1. The third-order valence-electron chi connectivity index (χ3n) is 13.4. The number of anilines is 3. The maximum absolute atomic E-state index is 6.76. The zero-order valence-electron chi connectivity index (χ0n) is 32.9. The van der Waals surface area contributed by atoms with Gasteiger partial charge in [-0.15, -0.1) is 0 Å². The minimum atomic E-state index is -0.134. The number of rotatable bonds is 4. The summed E-state index contributed by atoms with van der Waals surface area (Å²) in [5.41, 5.74) is 19.2. The Labute approximate surface area is 320 Å². The molecule has 10 rings (SSSR count). The lowest BCUT2D eigenvalue weighted by Crippen LogP contribution is -2.18. The predicted molar refractivity (Wildman–Crippen MR) is 228 cm³/mol. The van der Waals surface area contributed by atoms with Gasteiger partial charge in [0.05, 0.1) is 5.69 Å². The van der Waals surface area contributed by atoms with Crippen molar-refractivity contribution in [2.45, 2.75) is 103 Å². The number of hydrogen-bond donors (Lipinski definition) is 0. The number of fused-ring (bicyclic) bond motifs is 9. The molecule has 2 heteroatoms. The number of para-hydroxylation sites is 1. The van der Waals surface area contributed by atoms with E-state index in [0.29, 0.717) is 5.92 Å². The van der Waals surface area contributed by atoms with Crippen molar-refractivity contribution in [3.05, 3.63) is 149 Å². The van der Waals surface area contributed by atoms with Crippen LogP contribution in [0.5, 0.6) is 0 Å². The topological polar surface area (TPSA) is 16.4 Å². The molecule has 0 spiro atoms. The normalized spacial score (nSPS) is 17.0. The molecule has 1 aromatic heterocycles. The summed E-state index contributed by atoms with van der Waals surface area (Å²) in [6.07, 6.45) is 6.35. The van der Waals surface area contributed by atoms with Gasteiger partial charge in [0.15, 0.2) is 0 Å². The van der Waals surface area contributed by atoms with Crippen molar-refractivity contribution >= 4 is 39.0 Å². The van der Waals surface area contributed by atoms with Crippen LogP contribution in [0, 0.1) is 0 Å². The molecule has 0 amide bonds. The summed E-state index contributed by atoms with van der Waals surface area (Å²) in [7, 11) is 0. The summed E-state index contributed by atoms with van der Waals surface area (Å²) in [6, 6.07) is 43.9. The van der Waals surface area contributed by atoms with Gasteiger partial charge in [0, 0.05) is 39.0 Å². The molecule has 270 valence electrons. The van der Waals surface area contributed by atoms with E-state index in [9.17, 15) is 0 Å². The Bertz CT molecular complexity index is 2640. The van der Waals surface area contributed by atoms with Gasteiger partial charge in [0.25, 0.3) is 0 Å². The Hall–Kier alpha value is -5.08. The van der Waals surface area contributed by atoms with Crippen LogP contribution in [0.25, 0.3) is 44.2 Å². The number of hydrogen-bond acceptors (Lipinski definition) is 2. The average Bonchev–Trinajstić information content (AvgIpc) is 3.74. The average molecular weight is 706 g/mol. The summed E-state index contributed by atoms with van der Waals surface area (Å²) in [4.78, 5) is 2.53. The van der Waals surface area contributed by atoms with Gasteiger partial charge in [-0.05, 0) is 116 Å². The van der Waals surface area contributed by atoms with E-state index in [0.717, 1.165) is 11.2 Å². The number of benzene rings is 6. The largest absolute Gasteiger partial charge is 0.456 e. The second kappa shape index (κ2) is 11.7. The molecular weight excluding hydrogens is 655 g/mol. The van der Waals surface area contributed by atoms with Crippen molar-refractivity contribution in [2.75, 3.05) is 4.90 Å². The smallest absolute Gasteiger partial charge is 0.137 e. The fourth-order valence-electron chi connectivity index (χ4n) is 10.6. The second-order valence-corrected chi connectivity index (χ2v) is 18.4. The standard InChI is InChI=1S/C52H51NO/c1-50(2,3)42-21-15-22-43-49(42)38-27-25-34(30-45(38)52(43,6)7)53(33-24-26-37-36-18-11-13-20-41(36)51(4,5)44(37)29-33)35-28-40(32-16-9-8-10-17-32)48-39-19-12-14-23-46(39)54-47(48)31-35/h11-15,18-32H,8-10,16-17H2,1-7H3. The molecule has 3 aliphatic rings. The number of furan rings is 1. The quantitative estimate of drug-likeness (QED) is 0.181. The molecule has 0 unspecified atom stereocenters. The van der Waals surface area contributed by atoms with Crippen LogP contribution in [-0.4, -0.2) is 0 Å². The predicted octanol–water partition coefficient (Wildman–Crippen LogP) is 15.0. The van der Waals surface area contributed by atoms with Crippen LogP contribution in [0.15, 0.2) is 120 Å². The highest BCUT2D eigenvalue weighted by molar-refractivity contribution is 6.08. The zero-order valence-corrected chi connectivity index (χ0v) is 32.9. The van der Waals surface area contributed by atoms with Gasteiger partial charge in [0.1, 0.15) is 11.2 Å². The first kappa shape index (κ1) is 33.5. The Morgan fingerprint density at radius 3 is 1.94 bits per heavy atom. The summed E-state index contributed by atoms with van der Waals surface area (Å²) in [5, 5.41) is 2.53. The molecule has 0 atom stereocenters. The first-order valence-corrected chi connectivity index (χ1v) is 20.2. The van der Waals surface area contributed by atoms with Crippen molar-refractivity contribution in [1.82, 2.24) is 0 Å². The molecule has 1 saturated carbocycles. The van der Waals surface area contributed by atoms with Gasteiger partial charge >= 0.3 is 0 Å². The first-order valence-electron chi connectivity index (χ1n) is 20.2. The van der Waals surface area contributed by atoms with Gasteiger partial charge in [-0.25, -0.2) is 0 Å². The van der Waals surface area contributed by atoms with Gasteiger partial charge < -0.3 is 9.32 Å². The van der Waals surface area contributed by atoms with Crippen LogP contribution in [0.2, 0.25) is 0 Å². The summed E-state index contributed by atoms with van der Waals surface area (Å²) < 4.78 is 6.76. The minimum absolute atomic E-state index is 0.0417. The fourth-order valence-corrected chi connectivity index (χ4v) is 10.6. The van der Waals surface area contributed by atoms with Crippen LogP contribution in [0.1, 0.15) is 120 Å². The van der Waals surface area contributed by atoms with Gasteiger partial charge in [-0.2, -0.15) is 0 Å². The maximum atomic E-state index is 6.76. The van der Waals surface area contributed by atoms with E-state index in [-0.39, 0.29) is 16.2 Å². The van der Waals surface area contributed by atoms with Crippen molar-refractivity contribution in [3.63, 3.8) is 0 Å². The summed E-state index contributed by atoms with van der Waals surface area (Å²) in [6.45, 7) is 16.6. The van der Waals surface area contributed by atoms with Crippen molar-refractivity contribution in [1.29, 1.82) is 0 Å². The molecule has 2 nitrogen and oxygen atoms in total. The molecule has 0 aliphatic heterocycles. The lowest BCUT2D eigenvalue weighted by Gasteiger charge is -2.31. The molecule has 1 heterocycles. The highest BCUT2D eigenvalue weighted by atomic mass is 16.3. The molecule has 3 aliphatic carbocycles. The lowest BCUT2D eigenvalue weighted by molar-refractivity contribution is 0.445. The van der Waals surface area contributed by atoms with Gasteiger partial charge in [-0.3, -0.25) is 0 Å². The van der Waals surface area contributed by atoms with Crippen LogP contribution < -0.4 is 4.90 Å². The third kappa shape index (κ3) is 4.84. The van der Waals surface area contributed by atoms with E-state index in [4.69, 9.17) is 4.42 Å². The Kier molecular flexibility index (Phi) is 7.26. The van der Waals surface area contributed by atoms with E-state index in [1.165, 1.54) is 116 Å². The van der Waals surface area contributed by atoms with Crippen molar-refractivity contribution in [2.24, 2.45) is 0 Å². The third-order valence-corrected chi connectivity index (χ3v) is 13.4. The molecule has 0 N–H and O–H groups in total. The van der Waals surface area contributed by atoms with Crippen LogP contribution in [0.3, 0.4) is 0 Å². The highest BCUT2D eigenvalue weighted by Gasteiger charge is 2.40. The molecule has 54 heavy (non-hydrogen) atoms.